The fraction of sp³-hybridized carbons (Fsp3) is 0.923. The first-order valence-corrected chi connectivity index (χ1v) is 6.83. The van der Waals surface area contributed by atoms with Crippen molar-refractivity contribution in [1.82, 2.24) is 10.6 Å². The van der Waals surface area contributed by atoms with Gasteiger partial charge in [-0.15, -0.1) is 0 Å². The molecule has 5 atom stereocenters. The molecule has 4 nitrogen and oxygen atoms in total. The molecule has 2 rings (SSSR count). The van der Waals surface area contributed by atoms with Crippen LogP contribution in [-0.2, 0) is 4.79 Å². The smallest absolute Gasteiger partial charge is 0.237 e. The lowest BCUT2D eigenvalue weighted by Crippen LogP contribution is -2.46. The number of β-amino-alcohol motifs (C(OH)–C–C–N with tert-alkyl or cyclic N) is 1. The maximum absolute atomic E-state index is 12.0. The molecule has 0 aromatic carbocycles. The molecule has 1 saturated heterocycles. The molecule has 0 aromatic heterocycles. The summed E-state index contributed by atoms with van der Waals surface area (Å²) in [7, 11) is 0. The van der Waals surface area contributed by atoms with Crippen molar-refractivity contribution in [1.29, 1.82) is 0 Å². The van der Waals surface area contributed by atoms with Gasteiger partial charge >= 0.3 is 0 Å². The van der Waals surface area contributed by atoms with Gasteiger partial charge < -0.3 is 15.7 Å². The van der Waals surface area contributed by atoms with E-state index in [9.17, 15) is 9.90 Å². The highest BCUT2D eigenvalue weighted by Gasteiger charge is 2.35. The molecule has 98 valence electrons. The van der Waals surface area contributed by atoms with Crippen molar-refractivity contribution >= 4 is 5.91 Å². The predicted molar refractivity (Wildman–Crippen MR) is 66.5 cm³/mol. The number of amides is 1. The molecule has 1 saturated carbocycles. The Balaban J connectivity index is 1.83. The maximum atomic E-state index is 12.0. The number of nitrogens with one attached hydrogen (secondary N) is 2. The molecular formula is C13H24N2O2. The van der Waals surface area contributed by atoms with Gasteiger partial charge in [0.25, 0.3) is 0 Å². The highest BCUT2D eigenvalue weighted by atomic mass is 16.3. The summed E-state index contributed by atoms with van der Waals surface area (Å²) in [5, 5.41) is 15.6. The van der Waals surface area contributed by atoms with Crippen molar-refractivity contribution < 1.29 is 9.90 Å². The van der Waals surface area contributed by atoms with Gasteiger partial charge in [-0.2, -0.15) is 0 Å². The van der Waals surface area contributed by atoms with Crippen LogP contribution in [0.25, 0.3) is 0 Å². The molecule has 1 aliphatic heterocycles. The summed E-state index contributed by atoms with van der Waals surface area (Å²) in [4.78, 5) is 12.0. The summed E-state index contributed by atoms with van der Waals surface area (Å²) in [5.74, 6) is 1.40. The summed E-state index contributed by atoms with van der Waals surface area (Å²) in [5.41, 5.74) is 0. The van der Waals surface area contributed by atoms with Crippen LogP contribution in [-0.4, -0.2) is 35.7 Å². The molecule has 1 amide bonds. The Labute approximate surface area is 103 Å². The molecule has 0 radical (unpaired) electrons. The minimum atomic E-state index is -0.366. The molecule has 0 spiro atoms. The number of aliphatic hydroxyl groups is 1. The van der Waals surface area contributed by atoms with E-state index in [2.05, 4.69) is 24.5 Å². The third kappa shape index (κ3) is 2.80. The number of carbonyl (C=O) groups excluding carboxylic acids is 1. The van der Waals surface area contributed by atoms with E-state index in [1.165, 1.54) is 12.8 Å². The van der Waals surface area contributed by atoms with Gasteiger partial charge in [-0.1, -0.05) is 20.3 Å². The van der Waals surface area contributed by atoms with Crippen molar-refractivity contribution in [2.45, 2.75) is 57.7 Å². The fourth-order valence-electron chi connectivity index (χ4n) is 3.23. The summed E-state index contributed by atoms with van der Waals surface area (Å²) >= 11 is 0. The normalized spacial score (nSPS) is 41.7. The van der Waals surface area contributed by atoms with Crippen LogP contribution in [0.5, 0.6) is 0 Å². The first kappa shape index (κ1) is 12.8. The molecule has 4 heteroatoms. The third-order valence-electron chi connectivity index (χ3n) is 4.50. The highest BCUT2D eigenvalue weighted by Crippen LogP contribution is 2.33. The molecule has 2 aliphatic rings. The molecule has 1 aliphatic carbocycles. The van der Waals surface area contributed by atoms with E-state index in [1.54, 1.807) is 0 Å². The van der Waals surface area contributed by atoms with Gasteiger partial charge in [-0.05, 0) is 31.1 Å². The second-order valence-electron chi connectivity index (χ2n) is 5.57. The minimum Gasteiger partial charge on any atom is -0.392 e. The molecule has 1 heterocycles. The number of hydrogen-bond acceptors (Lipinski definition) is 3. The molecule has 5 unspecified atom stereocenters. The fourth-order valence-corrected chi connectivity index (χ4v) is 3.23. The number of rotatable bonds is 3. The first-order valence-electron chi connectivity index (χ1n) is 6.83. The molecular weight excluding hydrogens is 216 g/mol. The van der Waals surface area contributed by atoms with Gasteiger partial charge in [-0.25, -0.2) is 0 Å². The Morgan fingerprint density at radius 1 is 1.47 bits per heavy atom. The lowest BCUT2D eigenvalue weighted by molar-refractivity contribution is -0.123. The maximum Gasteiger partial charge on any atom is 0.237 e. The van der Waals surface area contributed by atoms with Crippen LogP contribution in [0.2, 0.25) is 0 Å². The molecule has 0 aromatic rings. The summed E-state index contributed by atoms with van der Waals surface area (Å²) < 4.78 is 0. The van der Waals surface area contributed by atoms with E-state index < -0.39 is 0 Å². The zero-order chi connectivity index (χ0) is 12.4. The molecule has 17 heavy (non-hydrogen) atoms. The quantitative estimate of drug-likeness (QED) is 0.679. The average Bonchev–Trinajstić information content (AvgIpc) is 2.87. The Bertz CT molecular complexity index is 283. The molecule has 2 fully saturated rings. The zero-order valence-corrected chi connectivity index (χ0v) is 10.8. The van der Waals surface area contributed by atoms with E-state index in [0.717, 1.165) is 12.3 Å². The van der Waals surface area contributed by atoms with Crippen molar-refractivity contribution in [3.8, 4) is 0 Å². The SMILES string of the molecule is CCC1CCC(NC(=O)C2CC(O)CN2)C1C. The van der Waals surface area contributed by atoms with E-state index in [4.69, 9.17) is 0 Å². The average molecular weight is 240 g/mol. The summed E-state index contributed by atoms with van der Waals surface area (Å²) in [6, 6.07) is 0.130. The number of aliphatic hydroxyl groups excluding tert-OH is 1. The highest BCUT2D eigenvalue weighted by molar-refractivity contribution is 5.82. The number of carbonyl (C=O) groups is 1. The monoisotopic (exact) mass is 240 g/mol. The van der Waals surface area contributed by atoms with E-state index in [0.29, 0.717) is 24.9 Å². The topological polar surface area (TPSA) is 61.4 Å². The van der Waals surface area contributed by atoms with E-state index in [-0.39, 0.29) is 18.1 Å². The first-order chi connectivity index (χ1) is 8.11. The Kier molecular flexibility index (Phi) is 4.05. The van der Waals surface area contributed by atoms with Crippen LogP contribution >= 0.6 is 0 Å². The van der Waals surface area contributed by atoms with Gasteiger partial charge in [0.2, 0.25) is 5.91 Å². The zero-order valence-electron chi connectivity index (χ0n) is 10.8. The van der Waals surface area contributed by atoms with Crippen LogP contribution in [0.3, 0.4) is 0 Å². The van der Waals surface area contributed by atoms with Crippen LogP contribution in [0, 0.1) is 11.8 Å². The summed E-state index contributed by atoms with van der Waals surface area (Å²) in [6.07, 6.45) is 3.71. The van der Waals surface area contributed by atoms with E-state index in [1.807, 2.05) is 0 Å². The van der Waals surface area contributed by atoms with Gasteiger partial charge in [0.15, 0.2) is 0 Å². The number of hydrogen-bond donors (Lipinski definition) is 3. The predicted octanol–water partition coefficient (Wildman–Crippen LogP) is 0.650. The standard InChI is InChI=1S/C13H24N2O2/c1-3-9-4-5-11(8(9)2)15-13(17)12-6-10(16)7-14-12/h8-12,14,16H,3-7H2,1-2H3,(H,15,17). The van der Waals surface area contributed by atoms with Crippen molar-refractivity contribution in [2.75, 3.05) is 6.54 Å². The van der Waals surface area contributed by atoms with E-state index >= 15 is 0 Å². The summed E-state index contributed by atoms with van der Waals surface area (Å²) in [6.45, 7) is 5.00. The lowest BCUT2D eigenvalue weighted by atomic mass is 9.93. The largest absolute Gasteiger partial charge is 0.392 e. The van der Waals surface area contributed by atoms with Gasteiger partial charge in [-0.3, -0.25) is 4.79 Å². The Morgan fingerprint density at radius 2 is 2.24 bits per heavy atom. The minimum absolute atomic E-state index is 0.0650. The Hall–Kier alpha value is -0.610. The van der Waals surface area contributed by atoms with Crippen LogP contribution < -0.4 is 10.6 Å². The Morgan fingerprint density at radius 3 is 2.76 bits per heavy atom. The molecule has 3 N–H and O–H groups in total. The van der Waals surface area contributed by atoms with Crippen molar-refractivity contribution in [2.24, 2.45) is 11.8 Å². The van der Waals surface area contributed by atoms with Crippen molar-refractivity contribution in [3.05, 3.63) is 0 Å². The third-order valence-corrected chi connectivity index (χ3v) is 4.50. The lowest BCUT2D eigenvalue weighted by Gasteiger charge is -2.22. The van der Waals surface area contributed by atoms with Gasteiger partial charge in [0.1, 0.15) is 0 Å². The van der Waals surface area contributed by atoms with Crippen LogP contribution in [0.4, 0.5) is 0 Å². The van der Waals surface area contributed by atoms with Crippen LogP contribution in [0.15, 0.2) is 0 Å². The van der Waals surface area contributed by atoms with Gasteiger partial charge in [0.05, 0.1) is 12.1 Å². The second-order valence-corrected chi connectivity index (χ2v) is 5.57. The van der Waals surface area contributed by atoms with Crippen LogP contribution in [0.1, 0.15) is 39.5 Å². The molecule has 0 bridgehead atoms. The van der Waals surface area contributed by atoms with Crippen molar-refractivity contribution in [3.63, 3.8) is 0 Å². The van der Waals surface area contributed by atoms with Gasteiger partial charge in [0, 0.05) is 12.6 Å². The second kappa shape index (κ2) is 5.36.